The maximum absolute atomic E-state index is 12.5. The van der Waals surface area contributed by atoms with E-state index in [2.05, 4.69) is 10.2 Å². The van der Waals surface area contributed by atoms with Crippen LogP contribution in [-0.2, 0) is 16.6 Å². The van der Waals surface area contributed by atoms with Crippen molar-refractivity contribution in [1.82, 2.24) is 14.5 Å². The minimum Gasteiger partial charge on any atom is -0.326 e. The molecule has 2 aromatic rings. The number of aromatic amines is 1. The highest BCUT2D eigenvalue weighted by Gasteiger charge is 2.30. The standard InChI is InChI=1S/C11H16N4O2S2/c1-8(10-4-3-5-18-10)15(2)19(16,17)11-9(6-12)7-13-14-11/h3-5,7-8H,6,12H2,1-2H3,(H,13,14). The molecule has 0 bridgehead atoms. The number of nitrogens with zero attached hydrogens (tertiary/aromatic N) is 2. The van der Waals surface area contributed by atoms with Gasteiger partial charge in [-0.2, -0.15) is 9.40 Å². The smallest absolute Gasteiger partial charge is 0.260 e. The van der Waals surface area contributed by atoms with Crippen molar-refractivity contribution >= 4 is 21.4 Å². The second-order valence-corrected chi connectivity index (χ2v) is 7.05. The van der Waals surface area contributed by atoms with Crippen molar-refractivity contribution in [2.45, 2.75) is 24.5 Å². The number of thiophene rings is 1. The lowest BCUT2D eigenvalue weighted by Gasteiger charge is -2.23. The Balaban J connectivity index is 2.35. The van der Waals surface area contributed by atoms with Crippen LogP contribution >= 0.6 is 11.3 Å². The molecule has 0 radical (unpaired) electrons. The summed E-state index contributed by atoms with van der Waals surface area (Å²) in [5.74, 6) is 0. The van der Waals surface area contributed by atoms with Crippen LogP contribution in [-0.4, -0.2) is 30.0 Å². The van der Waals surface area contributed by atoms with Crippen molar-refractivity contribution in [3.63, 3.8) is 0 Å². The van der Waals surface area contributed by atoms with E-state index in [0.717, 1.165) is 4.88 Å². The van der Waals surface area contributed by atoms with E-state index in [1.54, 1.807) is 7.05 Å². The fourth-order valence-electron chi connectivity index (χ4n) is 1.73. The molecule has 19 heavy (non-hydrogen) atoms. The van der Waals surface area contributed by atoms with Gasteiger partial charge in [-0.3, -0.25) is 5.10 Å². The Bertz CT molecular complexity index is 633. The summed E-state index contributed by atoms with van der Waals surface area (Å²) in [6, 6.07) is 3.58. The zero-order chi connectivity index (χ0) is 14.0. The van der Waals surface area contributed by atoms with Gasteiger partial charge in [-0.1, -0.05) is 6.07 Å². The lowest BCUT2D eigenvalue weighted by atomic mass is 10.3. The highest BCUT2D eigenvalue weighted by atomic mass is 32.2. The second-order valence-electron chi connectivity index (χ2n) is 4.14. The van der Waals surface area contributed by atoms with E-state index in [1.165, 1.54) is 21.8 Å². The van der Waals surface area contributed by atoms with Crippen LogP contribution in [0.15, 0.2) is 28.7 Å². The molecule has 2 rings (SSSR count). The van der Waals surface area contributed by atoms with E-state index in [9.17, 15) is 8.42 Å². The predicted octanol–water partition coefficient (Wildman–Crippen LogP) is 1.31. The number of rotatable bonds is 5. The summed E-state index contributed by atoms with van der Waals surface area (Å²) in [5, 5.41) is 8.27. The van der Waals surface area contributed by atoms with Gasteiger partial charge in [-0.15, -0.1) is 11.3 Å². The zero-order valence-electron chi connectivity index (χ0n) is 10.7. The maximum atomic E-state index is 12.5. The molecule has 2 heterocycles. The third-order valence-corrected chi connectivity index (χ3v) is 6.02. The van der Waals surface area contributed by atoms with Crippen molar-refractivity contribution in [1.29, 1.82) is 0 Å². The number of aromatic nitrogens is 2. The summed E-state index contributed by atoms with van der Waals surface area (Å²) in [6.45, 7) is 1.98. The molecule has 0 aromatic carbocycles. The molecule has 0 aliphatic heterocycles. The first-order chi connectivity index (χ1) is 8.98. The Labute approximate surface area is 116 Å². The molecule has 3 N–H and O–H groups in total. The molecule has 0 spiro atoms. The molecular formula is C11H16N4O2S2. The molecule has 6 nitrogen and oxygen atoms in total. The first-order valence-corrected chi connectivity index (χ1v) is 8.04. The Morgan fingerprint density at radius 3 is 2.89 bits per heavy atom. The third kappa shape index (κ3) is 2.57. The molecule has 0 aliphatic rings. The van der Waals surface area contributed by atoms with Gasteiger partial charge in [0.25, 0.3) is 10.0 Å². The van der Waals surface area contributed by atoms with Crippen molar-refractivity contribution in [2.75, 3.05) is 7.05 Å². The Kier molecular flexibility index (Phi) is 4.04. The second kappa shape index (κ2) is 5.41. The molecule has 0 aliphatic carbocycles. The lowest BCUT2D eigenvalue weighted by molar-refractivity contribution is 0.400. The topological polar surface area (TPSA) is 92.1 Å². The van der Waals surface area contributed by atoms with Crippen LogP contribution < -0.4 is 5.73 Å². The van der Waals surface area contributed by atoms with Gasteiger partial charge < -0.3 is 5.73 Å². The molecule has 2 aromatic heterocycles. The zero-order valence-corrected chi connectivity index (χ0v) is 12.3. The van der Waals surface area contributed by atoms with Crippen molar-refractivity contribution < 1.29 is 8.42 Å². The molecule has 0 saturated carbocycles. The summed E-state index contributed by atoms with van der Waals surface area (Å²) in [4.78, 5) is 0.986. The molecule has 1 unspecified atom stereocenters. The monoisotopic (exact) mass is 300 g/mol. The summed E-state index contributed by atoms with van der Waals surface area (Å²) >= 11 is 1.53. The normalized spacial score (nSPS) is 13.9. The molecule has 8 heteroatoms. The van der Waals surface area contributed by atoms with Crippen LogP contribution in [0.4, 0.5) is 0 Å². The highest BCUT2D eigenvalue weighted by Crippen LogP contribution is 2.28. The van der Waals surface area contributed by atoms with Crippen LogP contribution in [0.1, 0.15) is 23.4 Å². The van der Waals surface area contributed by atoms with E-state index >= 15 is 0 Å². The minimum absolute atomic E-state index is 0.0703. The number of H-pyrrole nitrogens is 1. The van der Waals surface area contributed by atoms with Gasteiger partial charge in [0.1, 0.15) is 0 Å². The number of hydrogen-bond donors (Lipinski definition) is 2. The van der Waals surface area contributed by atoms with Crippen molar-refractivity contribution in [3.8, 4) is 0 Å². The van der Waals surface area contributed by atoms with E-state index in [-0.39, 0.29) is 17.6 Å². The molecule has 0 fully saturated rings. The molecule has 0 amide bonds. The van der Waals surface area contributed by atoms with E-state index in [1.807, 2.05) is 24.4 Å². The van der Waals surface area contributed by atoms with Gasteiger partial charge in [0.05, 0.1) is 12.2 Å². The SMILES string of the molecule is CC(c1cccs1)N(C)S(=O)(=O)c1[nH]ncc1CN. The lowest BCUT2D eigenvalue weighted by Crippen LogP contribution is -2.30. The molecule has 104 valence electrons. The summed E-state index contributed by atoms with van der Waals surface area (Å²) < 4.78 is 26.4. The van der Waals surface area contributed by atoms with Crippen LogP contribution in [0, 0.1) is 0 Å². The first kappa shape index (κ1) is 14.2. The number of nitrogens with one attached hydrogen (secondary N) is 1. The Hall–Kier alpha value is -1.22. The summed E-state index contributed by atoms with van der Waals surface area (Å²) in [7, 11) is -2.07. The van der Waals surface area contributed by atoms with E-state index < -0.39 is 10.0 Å². The van der Waals surface area contributed by atoms with E-state index in [4.69, 9.17) is 5.73 Å². The van der Waals surface area contributed by atoms with Crippen LogP contribution in [0.25, 0.3) is 0 Å². The van der Waals surface area contributed by atoms with Crippen molar-refractivity contribution in [2.24, 2.45) is 5.73 Å². The fraction of sp³-hybridized carbons (Fsp3) is 0.364. The van der Waals surface area contributed by atoms with Crippen molar-refractivity contribution in [3.05, 3.63) is 34.2 Å². The van der Waals surface area contributed by atoms with Crippen LogP contribution in [0.5, 0.6) is 0 Å². The minimum atomic E-state index is -3.62. The van der Waals surface area contributed by atoms with Gasteiger partial charge >= 0.3 is 0 Å². The molecule has 1 atom stereocenters. The van der Waals surface area contributed by atoms with E-state index in [0.29, 0.717) is 5.56 Å². The average Bonchev–Trinajstić information content (AvgIpc) is 3.06. The fourth-order valence-corrected chi connectivity index (χ4v) is 4.07. The van der Waals surface area contributed by atoms with Gasteiger partial charge in [0.15, 0.2) is 5.03 Å². The number of sulfonamides is 1. The summed E-state index contributed by atoms with van der Waals surface area (Å²) in [6.07, 6.45) is 1.44. The van der Waals surface area contributed by atoms with Gasteiger partial charge in [-0.25, -0.2) is 8.42 Å². The average molecular weight is 300 g/mol. The van der Waals surface area contributed by atoms with Gasteiger partial charge in [0.2, 0.25) is 0 Å². The van der Waals surface area contributed by atoms with Crippen LogP contribution in [0.2, 0.25) is 0 Å². The third-order valence-electron chi connectivity index (χ3n) is 3.04. The first-order valence-electron chi connectivity index (χ1n) is 5.72. The molecule has 0 saturated heterocycles. The van der Waals surface area contributed by atoms with Gasteiger partial charge in [0, 0.05) is 24.0 Å². The summed E-state index contributed by atoms with van der Waals surface area (Å²) in [5.41, 5.74) is 6.01. The largest absolute Gasteiger partial charge is 0.326 e. The van der Waals surface area contributed by atoms with Gasteiger partial charge in [-0.05, 0) is 18.4 Å². The number of nitrogens with two attached hydrogens (primary N) is 1. The Morgan fingerprint density at radius 2 is 2.32 bits per heavy atom. The molecular weight excluding hydrogens is 284 g/mol. The number of hydrogen-bond acceptors (Lipinski definition) is 5. The predicted molar refractivity (Wildman–Crippen MR) is 74.2 cm³/mol. The maximum Gasteiger partial charge on any atom is 0.260 e. The Morgan fingerprint density at radius 1 is 1.58 bits per heavy atom. The quantitative estimate of drug-likeness (QED) is 0.871. The highest BCUT2D eigenvalue weighted by molar-refractivity contribution is 7.89. The van der Waals surface area contributed by atoms with Crippen LogP contribution in [0.3, 0.4) is 0 Å².